The highest BCUT2D eigenvalue weighted by molar-refractivity contribution is 7.80. The number of amides is 1. The van der Waals surface area contributed by atoms with Crippen molar-refractivity contribution in [1.29, 1.82) is 5.26 Å². The van der Waals surface area contributed by atoms with Gasteiger partial charge in [0.1, 0.15) is 0 Å². The van der Waals surface area contributed by atoms with E-state index in [1.54, 1.807) is 30.7 Å². The molecule has 1 atom stereocenters. The SMILES string of the molecule is CC(CN(Cc1cccc(Cl)c1Cl)C(=S)NC1CCCCC1)NC(=O)Cc1cncn1Cc1ccc(C#N)cc1. The molecule has 0 aliphatic heterocycles. The third kappa shape index (κ3) is 8.44. The van der Waals surface area contributed by atoms with E-state index in [0.717, 1.165) is 29.7 Å². The molecule has 210 valence electrons. The van der Waals surface area contributed by atoms with Gasteiger partial charge in [0.05, 0.1) is 34.4 Å². The van der Waals surface area contributed by atoms with Gasteiger partial charge in [0, 0.05) is 43.6 Å². The standard InChI is InChI=1S/C30H34Cl2N6OS/c1-21(35-28(39)14-26-16-34-20-38(26)18-23-12-10-22(15-33)11-13-23)17-37(19-24-6-5-9-27(31)29(24)32)30(40)36-25-7-3-2-4-8-25/h5-6,9-13,16,20-21,25H,2-4,7-8,14,17-19H2,1H3,(H,35,39)(H,36,40). The van der Waals surface area contributed by atoms with Gasteiger partial charge in [-0.3, -0.25) is 4.79 Å². The van der Waals surface area contributed by atoms with Crippen molar-refractivity contribution in [1.82, 2.24) is 25.1 Å². The van der Waals surface area contributed by atoms with Crippen molar-refractivity contribution in [2.75, 3.05) is 6.54 Å². The molecule has 2 N–H and O–H groups in total. The molecule has 2 aromatic carbocycles. The van der Waals surface area contributed by atoms with Crippen LogP contribution >= 0.6 is 35.4 Å². The first kappa shape index (κ1) is 29.9. The third-order valence-electron chi connectivity index (χ3n) is 7.09. The minimum atomic E-state index is -0.175. The van der Waals surface area contributed by atoms with Crippen LogP contribution in [0.5, 0.6) is 0 Å². The maximum atomic E-state index is 13.0. The van der Waals surface area contributed by atoms with Crippen LogP contribution < -0.4 is 10.6 Å². The molecular formula is C30H34Cl2N6OS. The second-order valence-corrected chi connectivity index (χ2v) is 11.5. The zero-order chi connectivity index (χ0) is 28.5. The Hall–Kier alpha value is -3.12. The summed E-state index contributed by atoms with van der Waals surface area (Å²) in [6.45, 7) is 3.54. The van der Waals surface area contributed by atoms with Gasteiger partial charge in [-0.1, -0.05) is 66.7 Å². The molecule has 0 bridgehead atoms. The number of rotatable bonds is 10. The number of imidazole rings is 1. The van der Waals surface area contributed by atoms with Gasteiger partial charge in [-0.2, -0.15) is 5.26 Å². The molecule has 40 heavy (non-hydrogen) atoms. The van der Waals surface area contributed by atoms with Crippen LogP contribution in [0.1, 0.15) is 61.4 Å². The summed E-state index contributed by atoms with van der Waals surface area (Å²) >= 11 is 18.6. The van der Waals surface area contributed by atoms with Crippen LogP contribution in [0.4, 0.5) is 0 Å². The molecule has 10 heteroatoms. The van der Waals surface area contributed by atoms with Gasteiger partial charge in [-0.05, 0) is 61.3 Å². The number of aromatic nitrogens is 2. The molecule has 1 heterocycles. The number of carbonyl (C=O) groups is 1. The Morgan fingerprint density at radius 1 is 1.20 bits per heavy atom. The lowest BCUT2D eigenvalue weighted by Gasteiger charge is -2.33. The second kappa shape index (κ2) is 14.5. The molecule has 1 amide bonds. The molecule has 1 aliphatic carbocycles. The molecule has 0 spiro atoms. The second-order valence-electron chi connectivity index (χ2n) is 10.3. The predicted octanol–water partition coefficient (Wildman–Crippen LogP) is 5.87. The summed E-state index contributed by atoms with van der Waals surface area (Å²) in [4.78, 5) is 19.3. The number of nitrogens with zero attached hydrogens (tertiary/aromatic N) is 4. The van der Waals surface area contributed by atoms with E-state index in [-0.39, 0.29) is 18.4 Å². The van der Waals surface area contributed by atoms with E-state index >= 15 is 0 Å². The summed E-state index contributed by atoms with van der Waals surface area (Å²) in [5.41, 5.74) is 3.34. The minimum absolute atomic E-state index is 0.0963. The van der Waals surface area contributed by atoms with E-state index < -0.39 is 0 Å². The number of nitrogens with one attached hydrogen (secondary N) is 2. The highest BCUT2D eigenvalue weighted by Gasteiger charge is 2.21. The number of benzene rings is 2. The Bertz CT molecular complexity index is 1350. The van der Waals surface area contributed by atoms with E-state index in [1.807, 2.05) is 35.8 Å². The monoisotopic (exact) mass is 596 g/mol. The van der Waals surface area contributed by atoms with Crippen molar-refractivity contribution in [2.24, 2.45) is 0 Å². The fraction of sp³-hybridized carbons (Fsp3) is 0.400. The van der Waals surface area contributed by atoms with Crippen molar-refractivity contribution in [2.45, 2.75) is 70.6 Å². The number of thiocarbonyl (C=S) groups is 1. The molecule has 1 unspecified atom stereocenters. The van der Waals surface area contributed by atoms with Crippen LogP contribution in [0.2, 0.25) is 10.0 Å². The Kier molecular flexibility index (Phi) is 10.8. The molecule has 7 nitrogen and oxygen atoms in total. The summed E-state index contributed by atoms with van der Waals surface area (Å²) in [5.74, 6) is -0.0963. The highest BCUT2D eigenvalue weighted by atomic mass is 35.5. The van der Waals surface area contributed by atoms with Crippen molar-refractivity contribution < 1.29 is 4.79 Å². The van der Waals surface area contributed by atoms with Crippen LogP contribution in [0.25, 0.3) is 0 Å². The van der Waals surface area contributed by atoms with Crippen LogP contribution in [0.3, 0.4) is 0 Å². The lowest BCUT2D eigenvalue weighted by atomic mass is 9.96. The first-order chi connectivity index (χ1) is 19.3. The highest BCUT2D eigenvalue weighted by Crippen LogP contribution is 2.27. The fourth-order valence-electron chi connectivity index (χ4n) is 4.99. The zero-order valence-corrected chi connectivity index (χ0v) is 24.9. The van der Waals surface area contributed by atoms with Gasteiger partial charge in [0.15, 0.2) is 5.11 Å². The first-order valence-electron chi connectivity index (χ1n) is 13.6. The molecular weight excluding hydrogens is 563 g/mol. The number of nitriles is 1. The van der Waals surface area contributed by atoms with Gasteiger partial charge in [-0.25, -0.2) is 4.98 Å². The average molecular weight is 598 g/mol. The zero-order valence-electron chi connectivity index (χ0n) is 22.6. The van der Waals surface area contributed by atoms with Gasteiger partial charge < -0.3 is 20.1 Å². The topological polar surface area (TPSA) is 86.0 Å². The molecule has 4 rings (SSSR count). The maximum Gasteiger partial charge on any atom is 0.226 e. The Balaban J connectivity index is 1.38. The van der Waals surface area contributed by atoms with Crippen LogP contribution in [-0.4, -0.2) is 44.1 Å². The van der Waals surface area contributed by atoms with Crippen LogP contribution in [0, 0.1) is 11.3 Å². The van der Waals surface area contributed by atoms with Gasteiger partial charge in [-0.15, -0.1) is 0 Å². The van der Waals surface area contributed by atoms with E-state index in [4.69, 9.17) is 40.7 Å². The minimum Gasteiger partial charge on any atom is -0.360 e. The molecule has 1 saturated carbocycles. The first-order valence-corrected chi connectivity index (χ1v) is 14.7. The normalized spacial score (nSPS) is 14.2. The smallest absolute Gasteiger partial charge is 0.226 e. The molecule has 0 radical (unpaired) electrons. The van der Waals surface area contributed by atoms with E-state index in [1.165, 1.54) is 19.3 Å². The van der Waals surface area contributed by atoms with Crippen molar-refractivity contribution in [3.8, 4) is 6.07 Å². The van der Waals surface area contributed by atoms with Gasteiger partial charge in [0.25, 0.3) is 0 Å². The maximum absolute atomic E-state index is 13.0. The van der Waals surface area contributed by atoms with E-state index in [0.29, 0.717) is 46.4 Å². The van der Waals surface area contributed by atoms with E-state index in [2.05, 4.69) is 26.6 Å². The van der Waals surface area contributed by atoms with Crippen molar-refractivity contribution in [3.05, 3.63) is 87.4 Å². The summed E-state index contributed by atoms with van der Waals surface area (Å²) in [6, 6.07) is 15.3. The van der Waals surface area contributed by atoms with Crippen LogP contribution in [0.15, 0.2) is 55.0 Å². The molecule has 1 aliphatic rings. The number of carbonyl (C=O) groups excluding carboxylic acids is 1. The lowest BCUT2D eigenvalue weighted by molar-refractivity contribution is -0.121. The molecule has 1 aromatic heterocycles. The quantitative estimate of drug-likeness (QED) is 0.285. The molecule has 0 saturated heterocycles. The predicted molar refractivity (Wildman–Crippen MR) is 163 cm³/mol. The Morgan fingerprint density at radius 2 is 1.95 bits per heavy atom. The third-order valence-corrected chi connectivity index (χ3v) is 8.32. The average Bonchev–Trinajstić information content (AvgIpc) is 3.37. The molecule has 3 aromatic rings. The lowest BCUT2D eigenvalue weighted by Crippen LogP contribution is -2.50. The number of halogens is 2. The summed E-state index contributed by atoms with van der Waals surface area (Å²) < 4.78 is 1.95. The Labute approximate surface area is 251 Å². The number of hydrogen-bond acceptors (Lipinski definition) is 4. The van der Waals surface area contributed by atoms with Crippen LogP contribution in [-0.2, 0) is 24.3 Å². The van der Waals surface area contributed by atoms with Crippen molar-refractivity contribution >= 4 is 46.4 Å². The Morgan fingerprint density at radius 3 is 2.67 bits per heavy atom. The van der Waals surface area contributed by atoms with Gasteiger partial charge in [0.2, 0.25) is 5.91 Å². The summed E-state index contributed by atoms with van der Waals surface area (Å²) in [6.07, 6.45) is 9.51. The van der Waals surface area contributed by atoms with Crippen molar-refractivity contribution in [3.63, 3.8) is 0 Å². The largest absolute Gasteiger partial charge is 0.360 e. The van der Waals surface area contributed by atoms with E-state index in [9.17, 15) is 4.79 Å². The summed E-state index contributed by atoms with van der Waals surface area (Å²) in [7, 11) is 0. The van der Waals surface area contributed by atoms with Gasteiger partial charge >= 0.3 is 0 Å². The fourth-order valence-corrected chi connectivity index (χ4v) is 5.68. The summed E-state index contributed by atoms with van der Waals surface area (Å²) in [5, 5.41) is 17.4. The molecule has 1 fully saturated rings. The number of hydrogen-bond donors (Lipinski definition) is 2.